The van der Waals surface area contributed by atoms with Crippen molar-refractivity contribution in [2.75, 3.05) is 0 Å². The van der Waals surface area contributed by atoms with E-state index in [9.17, 15) is 0 Å². The summed E-state index contributed by atoms with van der Waals surface area (Å²) in [5.41, 5.74) is 1.11. The van der Waals surface area contributed by atoms with Gasteiger partial charge in [-0.1, -0.05) is 14.9 Å². The number of imidazole rings is 1. The summed E-state index contributed by atoms with van der Waals surface area (Å²) in [5.74, 6) is 0. The Hall–Kier alpha value is -0.790. The third-order valence-electron chi connectivity index (χ3n) is 0.635. The van der Waals surface area contributed by atoms with Crippen LogP contribution in [0, 0.1) is 6.92 Å². The fourth-order valence-corrected chi connectivity index (χ4v) is 0.325. The summed E-state index contributed by atoms with van der Waals surface area (Å²) < 4.78 is 0. The Morgan fingerprint density at radius 2 is 2.12 bits per heavy atom. The number of nitrogens with zero attached hydrogens (tertiary/aromatic N) is 1. The highest BCUT2D eigenvalue weighted by Gasteiger charge is 1.73. The molecule has 0 aromatic carbocycles. The van der Waals surface area contributed by atoms with Crippen molar-refractivity contribution in [2.45, 2.75) is 21.8 Å². The lowest BCUT2D eigenvalue weighted by Crippen LogP contribution is -1.59. The molecule has 1 rings (SSSR count). The summed E-state index contributed by atoms with van der Waals surface area (Å²) in [5, 5.41) is 0. The molecule has 0 aliphatic heterocycles. The molecular weight excluding hydrogens is 100 g/mol. The molecule has 2 nitrogen and oxygen atoms in total. The zero-order valence-electron chi connectivity index (χ0n) is 3.60. The fourth-order valence-electron chi connectivity index (χ4n) is 0.325. The number of hydrogen-bond acceptors (Lipinski definition) is 1. The van der Waals surface area contributed by atoms with E-state index >= 15 is 0 Å². The van der Waals surface area contributed by atoms with Crippen molar-refractivity contribution in [3.63, 3.8) is 0 Å². The van der Waals surface area contributed by atoms with Gasteiger partial charge in [0.1, 0.15) is 0 Å². The molecule has 0 unspecified atom stereocenters. The molecule has 48 valence electrons. The minimum atomic E-state index is 0. The first-order valence-electron chi connectivity index (χ1n) is 1.84. The molecule has 0 radical (unpaired) electrons. The molecule has 0 aliphatic carbocycles. The van der Waals surface area contributed by atoms with E-state index in [-0.39, 0.29) is 14.9 Å². The molecule has 0 saturated carbocycles. The van der Waals surface area contributed by atoms with Gasteiger partial charge in [0.05, 0.1) is 6.33 Å². The normalized spacial score (nSPS) is 6.62. The SMILES string of the molecule is C.C.Cc1cnc[nH]1. The molecule has 1 N–H and O–H groups in total. The van der Waals surface area contributed by atoms with E-state index in [1.807, 2.05) is 6.92 Å². The highest BCUT2D eigenvalue weighted by molar-refractivity contribution is 4.87. The van der Waals surface area contributed by atoms with E-state index in [1.165, 1.54) is 0 Å². The molecule has 0 atom stereocenters. The van der Waals surface area contributed by atoms with Gasteiger partial charge < -0.3 is 4.98 Å². The third-order valence-corrected chi connectivity index (χ3v) is 0.635. The molecule has 1 aromatic rings. The molecule has 0 amide bonds. The van der Waals surface area contributed by atoms with Crippen LogP contribution in [0.15, 0.2) is 12.5 Å². The standard InChI is InChI=1S/C4H6N2.2CH4/c1-4-2-5-3-6-4;;/h2-3H,1H3,(H,5,6);2*1H4. The van der Waals surface area contributed by atoms with Crippen molar-refractivity contribution in [3.8, 4) is 0 Å². The summed E-state index contributed by atoms with van der Waals surface area (Å²) in [6, 6.07) is 0. The molecular formula is C6H14N2. The Kier molecular flexibility index (Phi) is 5.60. The van der Waals surface area contributed by atoms with Gasteiger partial charge in [0.2, 0.25) is 0 Å². The Morgan fingerprint density at radius 3 is 2.25 bits per heavy atom. The second-order valence-corrected chi connectivity index (χ2v) is 1.23. The van der Waals surface area contributed by atoms with Crippen LogP contribution < -0.4 is 0 Å². The molecule has 0 spiro atoms. The second kappa shape index (κ2) is 4.37. The summed E-state index contributed by atoms with van der Waals surface area (Å²) in [6.45, 7) is 1.97. The maximum atomic E-state index is 3.77. The maximum Gasteiger partial charge on any atom is 0.0921 e. The summed E-state index contributed by atoms with van der Waals surface area (Å²) >= 11 is 0. The van der Waals surface area contributed by atoms with Crippen LogP contribution in [0.5, 0.6) is 0 Å². The van der Waals surface area contributed by atoms with Gasteiger partial charge >= 0.3 is 0 Å². The zero-order chi connectivity index (χ0) is 4.41. The molecule has 0 fully saturated rings. The van der Waals surface area contributed by atoms with Crippen LogP contribution in [0.1, 0.15) is 20.5 Å². The van der Waals surface area contributed by atoms with Gasteiger partial charge in [0, 0.05) is 11.9 Å². The van der Waals surface area contributed by atoms with Crippen molar-refractivity contribution in [1.82, 2.24) is 9.97 Å². The van der Waals surface area contributed by atoms with E-state index in [2.05, 4.69) is 9.97 Å². The quantitative estimate of drug-likeness (QED) is 0.549. The minimum absolute atomic E-state index is 0. The van der Waals surface area contributed by atoms with E-state index in [4.69, 9.17) is 0 Å². The number of aryl methyl sites for hydroxylation is 1. The second-order valence-electron chi connectivity index (χ2n) is 1.23. The van der Waals surface area contributed by atoms with Crippen LogP contribution in [0.25, 0.3) is 0 Å². The van der Waals surface area contributed by atoms with Crippen LogP contribution in [0.3, 0.4) is 0 Å². The number of hydrogen-bond donors (Lipinski definition) is 1. The molecule has 1 aromatic heterocycles. The van der Waals surface area contributed by atoms with Crippen LogP contribution in [-0.4, -0.2) is 9.97 Å². The van der Waals surface area contributed by atoms with Gasteiger partial charge in [-0.3, -0.25) is 0 Å². The predicted molar refractivity (Wildman–Crippen MR) is 36.8 cm³/mol. The number of rotatable bonds is 0. The molecule has 0 aliphatic rings. The lowest BCUT2D eigenvalue weighted by Gasteiger charge is -1.67. The van der Waals surface area contributed by atoms with Crippen molar-refractivity contribution < 1.29 is 0 Å². The van der Waals surface area contributed by atoms with Crippen molar-refractivity contribution in [1.29, 1.82) is 0 Å². The Bertz CT molecular complexity index is 110. The monoisotopic (exact) mass is 114 g/mol. The van der Waals surface area contributed by atoms with Gasteiger partial charge in [-0.25, -0.2) is 4.98 Å². The largest absolute Gasteiger partial charge is 0.349 e. The zero-order valence-corrected chi connectivity index (χ0v) is 3.60. The van der Waals surface area contributed by atoms with Gasteiger partial charge in [-0.15, -0.1) is 0 Å². The number of nitrogens with one attached hydrogen (secondary N) is 1. The molecule has 1 heterocycles. The maximum absolute atomic E-state index is 3.77. The number of H-pyrrole nitrogens is 1. The van der Waals surface area contributed by atoms with E-state index in [1.54, 1.807) is 12.5 Å². The van der Waals surface area contributed by atoms with Crippen LogP contribution >= 0.6 is 0 Å². The van der Waals surface area contributed by atoms with Crippen molar-refractivity contribution in [2.24, 2.45) is 0 Å². The third kappa shape index (κ3) is 2.39. The smallest absolute Gasteiger partial charge is 0.0921 e. The lowest BCUT2D eigenvalue weighted by molar-refractivity contribution is 1.25. The van der Waals surface area contributed by atoms with Crippen LogP contribution in [-0.2, 0) is 0 Å². The average molecular weight is 114 g/mol. The Balaban J connectivity index is 0. The first kappa shape index (κ1) is 10.2. The molecule has 0 bridgehead atoms. The molecule has 2 heteroatoms. The van der Waals surface area contributed by atoms with Gasteiger partial charge in [0.25, 0.3) is 0 Å². The fraction of sp³-hybridized carbons (Fsp3) is 0.500. The first-order chi connectivity index (χ1) is 2.89. The first-order valence-corrected chi connectivity index (χ1v) is 1.84. The highest BCUT2D eigenvalue weighted by Crippen LogP contribution is 1.81. The van der Waals surface area contributed by atoms with Crippen molar-refractivity contribution >= 4 is 0 Å². The van der Waals surface area contributed by atoms with E-state index in [0.29, 0.717) is 0 Å². The highest BCUT2D eigenvalue weighted by atomic mass is 14.8. The van der Waals surface area contributed by atoms with E-state index < -0.39 is 0 Å². The van der Waals surface area contributed by atoms with E-state index in [0.717, 1.165) is 5.69 Å². The minimum Gasteiger partial charge on any atom is -0.349 e. The average Bonchev–Trinajstić information content (AvgIpc) is 1.86. The van der Waals surface area contributed by atoms with Gasteiger partial charge in [-0.05, 0) is 6.92 Å². The van der Waals surface area contributed by atoms with Gasteiger partial charge in [-0.2, -0.15) is 0 Å². The van der Waals surface area contributed by atoms with Gasteiger partial charge in [0.15, 0.2) is 0 Å². The Morgan fingerprint density at radius 1 is 1.50 bits per heavy atom. The van der Waals surface area contributed by atoms with Crippen molar-refractivity contribution in [3.05, 3.63) is 18.2 Å². The predicted octanol–water partition coefficient (Wildman–Crippen LogP) is 1.99. The summed E-state index contributed by atoms with van der Waals surface area (Å²) in [6.07, 6.45) is 3.44. The molecule has 0 saturated heterocycles. The number of aromatic nitrogens is 2. The Labute approximate surface area is 51.0 Å². The summed E-state index contributed by atoms with van der Waals surface area (Å²) in [4.78, 5) is 6.66. The number of aromatic amines is 1. The summed E-state index contributed by atoms with van der Waals surface area (Å²) in [7, 11) is 0. The van der Waals surface area contributed by atoms with Crippen LogP contribution in [0.4, 0.5) is 0 Å². The lowest BCUT2D eigenvalue weighted by atomic mass is 10.6. The van der Waals surface area contributed by atoms with Crippen LogP contribution in [0.2, 0.25) is 0 Å². The topological polar surface area (TPSA) is 28.7 Å². The molecule has 8 heavy (non-hydrogen) atoms.